The molecule has 0 aliphatic rings. The molecule has 0 aliphatic carbocycles. The molecule has 0 saturated heterocycles. The average molecular weight is 502 g/mol. The van der Waals surface area contributed by atoms with E-state index in [1.165, 1.54) is 0 Å². The van der Waals surface area contributed by atoms with Crippen molar-refractivity contribution in [2.24, 2.45) is 11.8 Å². The summed E-state index contributed by atoms with van der Waals surface area (Å²) in [6.07, 6.45) is 1.62. The van der Waals surface area contributed by atoms with Gasteiger partial charge in [-0.15, -0.1) is 0 Å². The molecule has 3 aromatic carbocycles. The number of ether oxygens (including phenoxy) is 2. The molecule has 1 amide bonds. The number of nitrogens with one attached hydrogen (secondary N) is 1. The molecule has 37 heavy (non-hydrogen) atoms. The Morgan fingerprint density at radius 2 is 1.41 bits per heavy atom. The molecule has 0 spiro atoms. The van der Waals surface area contributed by atoms with Gasteiger partial charge in [-0.05, 0) is 47.6 Å². The lowest BCUT2D eigenvalue weighted by molar-refractivity contribution is -0.145. The van der Waals surface area contributed by atoms with E-state index in [-0.39, 0.29) is 30.8 Å². The molecule has 0 heterocycles. The number of amides is 1. The van der Waals surface area contributed by atoms with Gasteiger partial charge >= 0.3 is 5.97 Å². The quantitative estimate of drug-likeness (QED) is 0.240. The van der Waals surface area contributed by atoms with E-state index in [0.717, 1.165) is 28.7 Å². The standard InChI is InChI=1S/C31H35NO5/c1-23(2)29(17-18-30(34)37-22-26-11-7-4-8-12-26)31(35)32-27(20-33)19-24-13-15-28(16-14-24)36-21-25-9-5-3-6-10-25/h3-16,20,23,27,29H,17-19,21-22H2,1-2H3,(H,32,35)/t27?,29-/m0/s1. The van der Waals surface area contributed by atoms with Crippen LogP contribution in [0.3, 0.4) is 0 Å². The van der Waals surface area contributed by atoms with Gasteiger partial charge in [-0.2, -0.15) is 0 Å². The van der Waals surface area contributed by atoms with Crippen molar-refractivity contribution in [3.8, 4) is 5.75 Å². The highest BCUT2D eigenvalue weighted by Gasteiger charge is 2.25. The van der Waals surface area contributed by atoms with E-state index in [0.29, 0.717) is 19.4 Å². The summed E-state index contributed by atoms with van der Waals surface area (Å²) < 4.78 is 11.1. The van der Waals surface area contributed by atoms with Crippen molar-refractivity contribution in [2.45, 2.75) is 52.4 Å². The molecule has 0 aromatic heterocycles. The maximum absolute atomic E-state index is 13.0. The van der Waals surface area contributed by atoms with Gasteiger partial charge in [-0.1, -0.05) is 86.6 Å². The molecule has 2 atom stereocenters. The lowest BCUT2D eigenvalue weighted by Gasteiger charge is -2.22. The molecule has 0 fully saturated rings. The zero-order valence-corrected chi connectivity index (χ0v) is 21.5. The van der Waals surface area contributed by atoms with Crippen molar-refractivity contribution in [3.05, 3.63) is 102 Å². The summed E-state index contributed by atoms with van der Waals surface area (Å²) in [6, 6.07) is 26.2. The Bertz CT molecular complexity index is 1110. The summed E-state index contributed by atoms with van der Waals surface area (Å²) >= 11 is 0. The van der Waals surface area contributed by atoms with E-state index in [2.05, 4.69) is 5.32 Å². The summed E-state index contributed by atoms with van der Waals surface area (Å²) in [6.45, 7) is 4.55. The first-order valence-corrected chi connectivity index (χ1v) is 12.7. The van der Waals surface area contributed by atoms with E-state index in [1.54, 1.807) is 0 Å². The highest BCUT2D eigenvalue weighted by atomic mass is 16.5. The van der Waals surface area contributed by atoms with Crippen LogP contribution in [0, 0.1) is 11.8 Å². The third-order valence-electron chi connectivity index (χ3n) is 6.16. The van der Waals surface area contributed by atoms with Gasteiger partial charge in [0.1, 0.15) is 25.2 Å². The Labute approximate surface area is 219 Å². The molecular formula is C31H35NO5. The molecule has 0 saturated carbocycles. The van der Waals surface area contributed by atoms with Crippen LogP contribution in [0.2, 0.25) is 0 Å². The fourth-order valence-electron chi connectivity index (χ4n) is 3.99. The minimum absolute atomic E-state index is 0.00951. The first-order valence-electron chi connectivity index (χ1n) is 12.7. The number of hydrogen-bond donors (Lipinski definition) is 1. The highest BCUT2D eigenvalue weighted by Crippen LogP contribution is 2.19. The first kappa shape index (κ1) is 27.7. The highest BCUT2D eigenvalue weighted by molar-refractivity contribution is 5.82. The van der Waals surface area contributed by atoms with Crippen molar-refractivity contribution in [1.82, 2.24) is 5.32 Å². The van der Waals surface area contributed by atoms with Gasteiger partial charge in [0.2, 0.25) is 5.91 Å². The number of hydrogen-bond acceptors (Lipinski definition) is 5. The maximum Gasteiger partial charge on any atom is 0.306 e. The first-order chi connectivity index (χ1) is 17.9. The number of benzene rings is 3. The van der Waals surface area contributed by atoms with E-state index in [4.69, 9.17) is 9.47 Å². The summed E-state index contributed by atoms with van der Waals surface area (Å²) in [4.78, 5) is 36.9. The SMILES string of the molecule is CC(C)[C@H](CCC(=O)OCc1ccccc1)C(=O)NC(C=O)Cc1ccc(OCc2ccccc2)cc1. The van der Waals surface area contributed by atoms with Crippen molar-refractivity contribution < 1.29 is 23.9 Å². The topological polar surface area (TPSA) is 81.7 Å². The largest absolute Gasteiger partial charge is 0.489 e. The minimum atomic E-state index is -0.658. The number of rotatable bonds is 14. The molecule has 0 aliphatic heterocycles. The van der Waals surface area contributed by atoms with Crippen LogP contribution in [0.4, 0.5) is 0 Å². The fourth-order valence-corrected chi connectivity index (χ4v) is 3.99. The van der Waals surface area contributed by atoms with Crippen LogP contribution < -0.4 is 10.1 Å². The van der Waals surface area contributed by atoms with Gasteiger partial charge in [-0.3, -0.25) is 9.59 Å². The van der Waals surface area contributed by atoms with Crippen LogP contribution in [-0.4, -0.2) is 24.2 Å². The van der Waals surface area contributed by atoms with E-state index < -0.39 is 12.0 Å². The third-order valence-corrected chi connectivity index (χ3v) is 6.16. The molecule has 0 bridgehead atoms. The molecule has 1 unspecified atom stereocenters. The lowest BCUT2D eigenvalue weighted by Crippen LogP contribution is -2.42. The fraction of sp³-hybridized carbons (Fsp3) is 0.323. The van der Waals surface area contributed by atoms with E-state index >= 15 is 0 Å². The van der Waals surface area contributed by atoms with Crippen LogP contribution in [0.15, 0.2) is 84.9 Å². The molecule has 194 valence electrons. The van der Waals surface area contributed by atoms with Gasteiger partial charge in [0.25, 0.3) is 0 Å². The predicted molar refractivity (Wildman–Crippen MR) is 143 cm³/mol. The van der Waals surface area contributed by atoms with Gasteiger partial charge in [0.05, 0.1) is 6.04 Å². The monoisotopic (exact) mass is 501 g/mol. The van der Waals surface area contributed by atoms with Crippen LogP contribution in [-0.2, 0) is 38.8 Å². The second-order valence-electron chi connectivity index (χ2n) is 9.41. The van der Waals surface area contributed by atoms with Crippen molar-refractivity contribution >= 4 is 18.2 Å². The van der Waals surface area contributed by atoms with Crippen LogP contribution >= 0.6 is 0 Å². The molecule has 6 heteroatoms. The van der Waals surface area contributed by atoms with Crippen molar-refractivity contribution in [1.29, 1.82) is 0 Å². The molecule has 6 nitrogen and oxygen atoms in total. The second-order valence-corrected chi connectivity index (χ2v) is 9.41. The van der Waals surface area contributed by atoms with E-state index in [9.17, 15) is 14.4 Å². The molecule has 3 rings (SSSR count). The van der Waals surface area contributed by atoms with Crippen LogP contribution in [0.25, 0.3) is 0 Å². The van der Waals surface area contributed by atoms with E-state index in [1.807, 2.05) is 98.8 Å². The van der Waals surface area contributed by atoms with Crippen molar-refractivity contribution in [2.75, 3.05) is 0 Å². The normalized spacial score (nSPS) is 12.4. The second kappa shape index (κ2) is 14.6. The third kappa shape index (κ3) is 9.56. The van der Waals surface area contributed by atoms with Crippen LogP contribution in [0.1, 0.15) is 43.4 Å². The molecular weight excluding hydrogens is 466 g/mol. The smallest absolute Gasteiger partial charge is 0.306 e. The lowest BCUT2D eigenvalue weighted by atomic mass is 9.90. The molecule has 3 aromatic rings. The zero-order valence-electron chi connectivity index (χ0n) is 21.5. The maximum atomic E-state index is 13.0. The van der Waals surface area contributed by atoms with Gasteiger partial charge in [0, 0.05) is 12.3 Å². The average Bonchev–Trinajstić information content (AvgIpc) is 2.92. The molecule has 0 radical (unpaired) electrons. The Hall–Kier alpha value is -3.93. The summed E-state index contributed by atoms with van der Waals surface area (Å²) in [7, 11) is 0. The number of carbonyl (C=O) groups is 3. The summed E-state index contributed by atoms with van der Waals surface area (Å²) in [5.41, 5.74) is 2.91. The number of carbonyl (C=O) groups excluding carboxylic acids is 3. The van der Waals surface area contributed by atoms with Gasteiger partial charge in [0.15, 0.2) is 0 Å². The number of esters is 1. The van der Waals surface area contributed by atoms with Gasteiger partial charge in [-0.25, -0.2) is 0 Å². The zero-order chi connectivity index (χ0) is 26.5. The summed E-state index contributed by atoms with van der Waals surface area (Å²) in [5, 5.41) is 2.85. The Morgan fingerprint density at radius 1 is 0.811 bits per heavy atom. The van der Waals surface area contributed by atoms with Gasteiger partial charge < -0.3 is 19.6 Å². The summed E-state index contributed by atoms with van der Waals surface area (Å²) in [5.74, 6) is -0.233. The number of aldehydes is 1. The predicted octanol–water partition coefficient (Wildman–Crippen LogP) is 5.29. The van der Waals surface area contributed by atoms with Crippen LogP contribution in [0.5, 0.6) is 5.75 Å². The molecule has 1 N–H and O–H groups in total. The Balaban J connectivity index is 1.46. The Kier molecular flexibility index (Phi) is 10.9. The minimum Gasteiger partial charge on any atom is -0.489 e. The Morgan fingerprint density at radius 3 is 1.97 bits per heavy atom. The van der Waals surface area contributed by atoms with Crippen molar-refractivity contribution in [3.63, 3.8) is 0 Å².